The number of hydrogen-bond acceptors (Lipinski definition) is 2. The van der Waals surface area contributed by atoms with E-state index in [1.54, 1.807) is 0 Å². The molecule has 0 saturated carbocycles. The number of nitrogens with one attached hydrogen (secondary N) is 1. The molecule has 2 aromatic carbocycles. The van der Waals surface area contributed by atoms with Gasteiger partial charge in [-0.05, 0) is 37.1 Å². The average molecular weight is 473 g/mol. The molecule has 0 bridgehead atoms. The van der Waals surface area contributed by atoms with E-state index in [1.165, 1.54) is 0 Å². The van der Waals surface area contributed by atoms with Gasteiger partial charge in [0.1, 0.15) is 0 Å². The Kier molecular flexibility index (Phi) is 9.22. The van der Waals surface area contributed by atoms with Gasteiger partial charge in [0.15, 0.2) is 0 Å². The van der Waals surface area contributed by atoms with Crippen LogP contribution in [0.2, 0.25) is 0 Å². The third-order valence-electron chi connectivity index (χ3n) is 4.31. The van der Waals surface area contributed by atoms with Crippen LogP contribution in [0.3, 0.4) is 0 Å². The third-order valence-corrected chi connectivity index (χ3v) is 6.36. The summed E-state index contributed by atoms with van der Waals surface area (Å²) in [4.78, 5) is 13.6. The van der Waals surface area contributed by atoms with E-state index in [9.17, 15) is 9.00 Å². The van der Waals surface area contributed by atoms with Gasteiger partial charge in [0, 0.05) is 9.80 Å². The summed E-state index contributed by atoms with van der Waals surface area (Å²) in [7, 11) is -1.49. The summed E-state index contributed by atoms with van der Waals surface area (Å²) < 4.78 is 11.4. The number of carbonyl (C=O) groups is 1. The van der Waals surface area contributed by atoms with E-state index in [2.05, 4.69) is 5.32 Å². The van der Waals surface area contributed by atoms with Crippen LogP contribution in [-0.4, -0.2) is 20.0 Å². The lowest BCUT2D eigenvalue weighted by Gasteiger charge is -2.24. The summed E-state index contributed by atoms with van der Waals surface area (Å²) in [6, 6.07) is 16.5. The first-order valence-corrected chi connectivity index (χ1v) is 11.6. The summed E-state index contributed by atoms with van der Waals surface area (Å²) >= 11 is 17.3. The van der Waals surface area contributed by atoms with Crippen molar-refractivity contribution in [2.24, 2.45) is 0 Å². The molecule has 1 N–H and O–H groups in total. The van der Waals surface area contributed by atoms with E-state index in [-0.39, 0.29) is 0 Å². The standard InChI is InChI=1S/C22H24Cl3NO2S/c1-3-4-10-19(26-21(27)22(23,24)25)20(15-17-8-6-5-7-9-17)29(28)18-13-11-16(2)12-14-18/h5-9,11-15,19H,3-4,10H2,1-2H3,(H,26,27)/b20-15-/t19-,29-/m0/s1. The van der Waals surface area contributed by atoms with Gasteiger partial charge in [-0.3, -0.25) is 4.79 Å². The van der Waals surface area contributed by atoms with Gasteiger partial charge in [0.05, 0.1) is 16.8 Å². The fourth-order valence-corrected chi connectivity index (χ4v) is 4.23. The Morgan fingerprint density at radius 2 is 1.72 bits per heavy atom. The first kappa shape index (κ1) is 23.9. The molecule has 29 heavy (non-hydrogen) atoms. The molecular weight excluding hydrogens is 449 g/mol. The number of carbonyl (C=O) groups excluding carboxylic acids is 1. The minimum atomic E-state index is -2.09. The smallest absolute Gasteiger partial charge is 0.272 e. The van der Waals surface area contributed by atoms with E-state index >= 15 is 0 Å². The second-order valence-electron chi connectivity index (χ2n) is 6.71. The van der Waals surface area contributed by atoms with Crippen LogP contribution < -0.4 is 5.32 Å². The minimum absolute atomic E-state index is 0.527. The van der Waals surface area contributed by atoms with Gasteiger partial charge < -0.3 is 5.32 Å². The second-order valence-corrected chi connectivity index (χ2v) is 10.5. The Hall–Kier alpha value is -1.33. The predicted molar refractivity (Wildman–Crippen MR) is 124 cm³/mol. The average Bonchev–Trinajstić information content (AvgIpc) is 2.69. The van der Waals surface area contributed by atoms with Crippen molar-refractivity contribution >= 4 is 57.6 Å². The van der Waals surface area contributed by atoms with Crippen LogP contribution in [0.25, 0.3) is 6.08 Å². The molecule has 0 aliphatic heterocycles. The molecule has 0 aliphatic rings. The van der Waals surface area contributed by atoms with Crippen LogP contribution in [0.15, 0.2) is 64.4 Å². The molecule has 2 atom stereocenters. The molecule has 0 radical (unpaired) electrons. The van der Waals surface area contributed by atoms with Crippen LogP contribution in [0.1, 0.15) is 37.3 Å². The number of benzene rings is 2. The van der Waals surface area contributed by atoms with Crippen LogP contribution in [0.5, 0.6) is 0 Å². The zero-order valence-electron chi connectivity index (χ0n) is 16.3. The Morgan fingerprint density at radius 1 is 1.10 bits per heavy atom. The molecule has 0 spiro atoms. The molecule has 0 fully saturated rings. The van der Waals surface area contributed by atoms with Gasteiger partial charge in [-0.1, -0.05) is 103 Å². The lowest BCUT2D eigenvalue weighted by molar-refractivity contribution is -0.120. The summed E-state index contributed by atoms with van der Waals surface area (Å²) in [5.41, 5.74) is 1.96. The van der Waals surface area contributed by atoms with Crippen molar-refractivity contribution < 1.29 is 9.00 Å². The van der Waals surface area contributed by atoms with Gasteiger partial charge in [-0.25, -0.2) is 4.21 Å². The SMILES string of the molecule is CCCC[C@H](NC(=O)C(Cl)(Cl)Cl)/C(=C/c1ccccc1)[S@@](=O)c1ccc(C)cc1. The Morgan fingerprint density at radius 3 is 2.28 bits per heavy atom. The molecule has 0 unspecified atom stereocenters. The van der Waals surface area contributed by atoms with Crippen LogP contribution >= 0.6 is 34.8 Å². The Labute approximate surface area is 189 Å². The zero-order chi connectivity index (χ0) is 21.4. The number of halogens is 3. The molecule has 0 aliphatic carbocycles. The summed E-state index contributed by atoms with van der Waals surface area (Å²) in [5, 5.41) is 2.78. The van der Waals surface area contributed by atoms with Crippen LogP contribution in [-0.2, 0) is 15.6 Å². The van der Waals surface area contributed by atoms with Crippen molar-refractivity contribution in [2.45, 2.75) is 47.8 Å². The van der Waals surface area contributed by atoms with Crippen LogP contribution in [0.4, 0.5) is 0 Å². The maximum absolute atomic E-state index is 13.5. The Balaban J connectivity index is 2.49. The maximum atomic E-state index is 13.5. The number of amides is 1. The summed E-state index contributed by atoms with van der Waals surface area (Å²) in [5.74, 6) is -0.733. The second kappa shape index (κ2) is 11.2. The van der Waals surface area contributed by atoms with Crippen molar-refractivity contribution in [3.05, 3.63) is 70.6 Å². The highest BCUT2D eigenvalue weighted by atomic mass is 35.6. The van der Waals surface area contributed by atoms with Gasteiger partial charge in [0.25, 0.3) is 9.70 Å². The van der Waals surface area contributed by atoms with Crippen molar-refractivity contribution in [3.8, 4) is 0 Å². The molecule has 156 valence electrons. The van der Waals surface area contributed by atoms with E-state index in [4.69, 9.17) is 34.8 Å². The fourth-order valence-electron chi connectivity index (χ4n) is 2.73. The molecular formula is C22H24Cl3NO2S. The highest BCUT2D eigenvalue weighted by Crippen LogP contribution is 2.29. The predicted octanol–water partition coefficient (Wildman–Crippen LogP) is 6.19. The van der Waals surface area contributed by atoms with Gasteiger partial charge in [-0.15, -0.1) is 0 Å². The first-order chi connectivity index (χ1) is 13.7. The zero-order valence-corrected chi connectivity index (χ0v) is 19.4. The van der Waals surface area contributed by atoms with Gasteiger partial charge in [-0.2, -0.15) is 0 Å². The third kappa shape index (κ3) is 7.45. The molecule has 0 aromatic heterocycles. The molecule has 3 nitrogen and oxygen atoms in total. The first-order valence-electron chi connectivity index (χ1n) is 9.35. The molecule has 7 heteroatoms. The maximum Gasteiger partial charge on any atom is 0.272 e. The lowest BCUT2D eigenvalue weighted by Crippen LogP contribution is -2.43. The van der Waals surface area contributed by atoms with Gasteiger partial charge >= 0.3 is 0 Å². The van der Waals surface area contributed by atoms with Gasteiger partial charge in [0.2, 0.25) is 0 Å². The number of rotatable bonds is 8. The topological polar surface area (TPSA) is 46.2 Å². The van der Waals surface area contributed by atoms with Crippen LogP contribution in [0, 0.1) is 6.92 Å². The number of hydrogen-bond donors (Lipinski definition) is 1. The van der Waals surface area contributed by atoms with Crippen molar-refractivity contribution in [1.29, 1.82) is 0 Å². The highest BCUT2D eigenvalue weighted by Gasteiger charge is 2.34. The molecule has 2 rings (SSSR count). The van der Waals surface area contributed by atoms with E-state index in [0.717, 1.165) is 24.0 Å². The number of unbranched alkanes of at least 4 members (excludes halogenated alkanes) is 1. The number of alkyl halides is 3. The summed E-state index contributed by atoms with van der Waals surface area (Å²) in [6.07, 6.45) is 4.16. The van der Waals surface area contributed by atoms with E-state index in [0.29, 0.717) is 16.2 Å². The molecule has 1 amide bonds. The van der Waals surface area contributed by atoms with Crippen molar-refractivity contribution in [1.82, 2.24) is 5.32 Å². The molecule has 2 aromatic rings. The van der Waals surface area contributed by atoms with Crippen molar-refractivity contribution in [2.75, 3.05) is 0 Å². The monoisotopic (exact) mass is 471 g/mol. The fraction of sp³-hybridized carbons (Fsp3) is 0.318. The normalized spacial score (nSPS) is 14.3. The van der Waals surface area contributed by atoms with E-state index in [1.807, 2.05) is 74.5 Å². The molecule has 0 heterocycles. The Bertz CT molecular complexity index is 862. The summed E-state index contributed by atoms with van der Waals surface area (Å²) in [6.45, 7) is 4.02. The highest BCUT2D eigenvalue weighted by molar-refractivity contribution is 7.89. The minimum Gasteiger partial charge on any atom is -0.345 e. The molecule has 0 saturated heterocycles. The van der Waals surface area contributed by atoms with Crippen molar-refractivity contribution in [3.63, 3.8) is 0 Å². The lowest BCUT2D eigenvalue weighted by atomic mass is 10.1. The number of aryl methyl sites for hydroxylation is 1. The van der Waals surface area contributed by atoms with E-state index < -0.39 is 26.5 Å². The largest absolute Gasteiger partial charge is 0.345 e. The quantitative estimate of drug-likeness (QED) is 0.466.